The number of ether oxygens (including phenoxy) is 1. The predicted octanol–water partition coefficient (Wildman–Crippen LogP) is 6.85. The Bertz CT molecular complexity index is 1380. The average molecular weight is 503 g/mol. The Hall–Kier alpha value is -3.53. The summed E-state index contributed by atoms with van der Waals surface area (Å²) in [6.07, 6.45) is 2.03. The van der Waals surface area contributed by atoms with Gasteiger partial charge >= 0.3 is 12.1 Å². The number of carbonyl (C=O) groups is 1. The smallest absolute Gasteiger partial charge is 0.475 e. The largest absolute Gasteiger partial charge is 0.490 e. The SMILES string of the molecule is CC(C)c1ncc2cc3c(cnn3C3CCCCO3)cc2c1-c1ccc(F)cc1.O=C(O)C(F)(F)F. The lowest BCUT2D eigenvalue weighted by molar-refractivity contribution is -0.192. The van der Waals surface area contributed by atoms with Gasteiger partial charge in [-0.3, -0.25) is 4.98 Å². The second-order valence-electron chi connectivity index (χ2n) is 8.89. The minimum absolute atomic E-state index is 0.00170. The van der Waals surface area contributed by atoms with Gasteiger partial charge in [-0.25, -0.2) is 13.9 Å². The Morgan fingerprint density at radius 2 is 1.81 bits per heavy atom. The fourth-order valence-electron chi connectivity index (χ4n) is 4.28. The molecule has 0 aliphatic carbocycles. The predicted molar refractivity (Wildman–Crippen MR) is 127 cm³/mol. The van der Waals surface area contributed by atoms with E-state index in [4.69, 9.17) is 19.6 Å². The summed E-state index contributed by atoms with van der Waals surface area (Å²) < 4.78 is 53.2. The Balaban J connectivity index is 0.000000384. The number of fused-ring (bicyclic) bond motifs is 2. The van der Waals surface area contributed by atoms with Crippen LogP contribution in [0.2, 0.25) is 0 Å². The van der Waals surface area contributed by atoms with Gasteiger partial charge in [0.05, 0.1) is 17.4 Å². The molecule has 1 saturated heterocycles. The first-order chi connectivity index (χ1) is 17.1. The molecule has 1 atom stereocenters. The number of hydrogen-bond donors (Lipinski definition) is 1. The fourth-order valence-corrected chi connectivity index (χ4v) is 4.28. The molecule has 4 aromatic rings. The van der Waals surface area contributed by atoms with Gasteiger partial charge in [0.2, 0.25) is 0 Å². The first-order valence-corrected chi connectivity index (χ1v) is 11.5. The van der Waals surface area contributed by atoms with Gasteiger partial charge in [0.15, 0.2) is 6.23 Å². The molecule has 190 valence electrons. The fraction of sp³-hybridized carbons (Fsp3) is 0.346. The van der Waals surface area contributed by atoms with Crippen LogP contribution >= 0.6 is 0 Å². The van der Waals surface area contributed by atoms with Gasteiger partial charge < -0.3 is 9.84 Å². The zero-order valence-corrected chi connectivity index (χ0v) is 19.7. The second kappa shape index (κ2) is 10.2. The number of pyridine rings is 1. The van der Waals surface area contributed by atoms with Gasteiger partial charge in [-0.2, -0.15) is 18.3 Å². The highest BCUT2D eigenvalue weighted by atomic mass is 19.4. The summed E-state index contributed by atoms with van der Waals surface area (Å²) in [4.78, 5) is 13.7. The molecule has 1 N–H and O–H groups in total. The Kier molecular flexibility index (Phi) is 7.26. The van der Waals surface area contributed by atoms with Crippen LogP contribution in [-0.4, -0.2) is 38.6 Å². The summed E-state index contributed by atoms with van der Waals surface area (Å²) in [5.41, 5.74) is 4.14. The molecular formula is C26H25F4N3O3. The van der Waals surface area contributed by atoms with Crippen molar-refractivity contribution in [2.45, 2.75) is 51.4 Å². The van der Waals surface area contributed by atoms with E-state index in [0.29, 0.717) is 0 Å². The summed E-state index contributed by atoms with van der Waals surface area (Å²) in [5, 5.41) is 15.0. The molecule has 0 amide bonds. The van der Waals surface area contributed by atoms with E-state index in [1.807, 2.05) is 29.2 Å². The van der Waals surface area contributed by atoms with Crippen molar-refractivity contribution >= 4 is 27.6 Å². The maximum Gasteiger partial charge on any atom is 0.490 e. The summed E-state index contributed by atoms with van der Waals surface area (Å²) in [6, 6.07) is 11.0. The van der Waals surface area contributed by atoms with Crippen LogP contribution in [0, 0.1) is 5.82 Å². The van der Waals surface area contributed by atoms with Crippen molar-refractivity contribution in [2.24, 2.45) is 0 Å². The van der Waals surface area contributed by atoms with Crippen LogP contribution in [0.15, 0.2) is 48.8 Å². The third-order valence-electron chi connectivity index (χ3n) is 5.99. The van der Waals surface area contributed by atoms with Crippen molar-refractivity contribution in [3.05, 3.63) is 60.3 Å². The topological polar surface area (TPSA) is 77.2 Å². The minimum Gasteiger partial charge on any atom is -0.475 e. The molecule has 5 rings (SSSR count). The van der Waals surface area contributed by atoms with Crippen LogP contribution in [0.25, 0.3) is 32.8 Å². The summed E-state index contributed by atoms with van der Waals surface area (Å²) in [5.74, 6) is -2.73. The molecule has 2 aromatic heterocycles. The van der Waals surface area contributed by atoms with E-state index >= 15 is 0 Å². The van der Waals surface area contributed by atoms with Crippen LogP contribution in [0.1, 0.15) is 50.9 Å². The number of hydrogen-bond acceptors (Lipinski definition) is 4. The summed E-state index contributed by atoms with van der Waals surface area (Å²) in [6.45, 7) is 5.06. The average Bonchev–Trinajstić information content (AvgIpc) is 3.25. The lowest BCUT2D eigenvalue weighted by atomic mass is 9.92. The van der Waals surface area contributed by atoms with Crippen molar-refractivity contribution in [3.8, 4) is 11.1 Å². The molecule has 0 bridgehead atoms. The van der Waals surface area contributed by atoms with Crippen molar-refractivity contribution in [1.29, 1.82) is 0 Å². The van der Waals surface area contributed by atoms with Crippen molar-refractivity contribution < 1.29 is 32.2 Å². The van der Waals surface area contributed by atoms with Gasteiger partial charge in [-0.15, -0.1) is 0 Å². The van der Waals surface area contributed by atoms with Gasteiger partial charge in [0, 0.05) is 29.1 Å². The maximum absolute atomic E-state index is 13.5. The number of carboxylic acids is 1. The number of aromatic nitrogens is 3. The second-order valence-corrected chi connectivity index (χ2v) is 8.89. The number of rotatable bonds is 3. The van der Waals surface area contributed by atoms with E-state index in [-0.39, 0.29) is 18.0 Å². The zero-order chi connectivity index (χ0) is 26.0. The molecule has 1 fully saturated rings. The number of benzene rings is 2. The molecule has 36 heavy (non-hydrogen) atoms. The van der Waals surface area contributed by atoms with Gasteiger partial charge in [0.1, 0.15) is 5.82 Å². The lowest BCUT2D eigenvalue weighted by Gasteiger charge is -2.23. The lowest BCUT2D eigenvalue weighted by Crippen LogP contribution is -2.21. The molecule has 10 heteroatoms. The Morgan fingerprint density at radius 3 is 2.39 bits per heavy atom. The molecule has 2 aromatic carbocycles. The number of halogens is 4. The zero-order valence-electron chi connectivity index (χ0n) is 19.7. The van der Waals surface area contributed by atoms with Gasteiger partial charge in [-0.1, -0.05) is 26.0 Å². The number of nitrogens with zero attached hydrogens (tertiary/aromatic N) is 3. The number of carboxylic acid groups (broad SMARTS) is 1. The number of alkyl halides is 3. The first-order valence-electron chi connectivity index (χ1n) is 11.5. The molecule has 0 saturated carbocycles. The van der Waals surface area contributed by atoms with Crippen LogP contribution in [0.3, 0.4) is 0 Å². The van der Waals surface area contributed by atoms with Crippen molar-refractivity contribution in [1.82, 2.24) is 14.8 Å². The molecule has 3 heterocycles. The van der Waals surface area contributed by atoms with Crippen LogP contribution < -0.4 is 0 Å². The molecule has 1 unspecified atom stereocenters. The highest BCUT2D eigenvalue weighted by Gasteiger charge is 2.38. The van der Waals surface area contributed by atoms with E-state index in [0.717, 1.165) is 64.4 Å². The molecule has 1 aliphatic rings. The molecule has 1 aliphatic heterocycles. The quantitative estimate of drug-likeness (QED) is 0.310. The molecule has 0 radical (unpaired) electrons. The summed E-state index contributed by atoms with van der Waals surface area (Å²) >= 11 is 0. The Morgan fingerprint density at radius 1 is 1.11 bits per heavy atom. The van der Waals surface area contributed by atoms with E-state index in [1.165, 1.54) is 12.1 Å². The monoisotopic (exact) mass is 503 g/mol. The summed E-state index contributed by atoms with van der Waals surface area (Å²) in [7, 11) is 0. The van der Waals surface area contributed by atoms with Crippen LogP contribution in [0.4, 0.5) is 17.6 Å². The maximum atomic E-state index is 13.5. The number of aliphatic carboxylic acids is 1. The standard InChI is InChI=1S/C24H24FN3O.C2HF3O2/c1-15(2)24-23(16-6-8-19(25)9-7-16)20-11-18-14-27-28(22-5-3-4-10-29-22)21(18)12-17(20)13-26-24;3-2(4,5)1(6)7/h6-9,11-15,22H,3-5,10H2,1-2H3;(H,6,7). The van der Waals surface area contributed by atoms with Gasteiger partial charge in [0.25, 0.3) is 0 Å². The van der Waals surface area contributed by atoms with Crippen molar-refractivity contribution in [2.75, 3.05) is 6.61 Å². The van der Waals surface area contributed by atoms with E-state index < -0.39 is 12.1 Å². The molecule has 6 nitrogen and oxygen atoms in total. The van der Waals surface area contributed by atoms with E-state index in [1.54, 1.807) is 0 Å². The highest BCUT2D eigenvalue weighted by molar-refractivity contribution is 6.04. The van der Waals surface area contributed by atoms with Gasteiger partial charge in [-0.05, 0) is 60.4 Å². The van der Waals surface area contributed by atoms with Crippen LogP contribution in [-0.2, 0) is 9.53 Å². The third kappa shape index (κ3) is 5.33. The van der Waals surface area contributed by atoms with E-state index in [9.17, 15) is 17.6 Å². The first kappa shape index (κ1) is 25.6. The van der Waals surface area contributed by atoms with Crippen molar-refractivity contribution in [3.63, 3.8) is 0 Å². The van der Waals surface area contributed by atoms with E-state index in [2.05, 4.69) is 31.1 Å². The third-order valence-corrected chi connectivity index (χ3v) is 5.99. The molecule has 0 spiro atoms. The minimum atomic E-state index is -5.08. The highest BCUT2D eigenvalue weighted by Crippen LogP contribution is 2.37. The molecular weight excluding hydrogens is 478 g/mol. The van der Waals surface area contributed by atoms with Crippen LogP contribution in [0.5, 0.6) is 0 Å². The normalized spacial score (nSPS) is 16.2. The Labute approximate surface area is 204 Å².